The largest absolute Gasteiger partial charge is 0.476 e. The molecule has 9 heteroatoms. The third-order valence-electron chi connectivity index (χ3n) is 2.59. The minimum absolute atomic E-state index is 0.116. The molecule has 0 unspecified atom stereocenters. The number of nitrogens with zero attached hydrogens (tertiary/aromatic N) is 4. The number of benzene rings is 1. The number of rotatable bonds is 5. The summed E-state index contributed by atoms with van der Waals surface area (Å²) in [6.45, 7) is -0.880. The Morgan fingerprint density at radius 1 is 1.40 bits per heavy atom. The molecule has 0 bridgehead atoms. The fourth-order valence-corrected chi connectivity index (χ4v) is 1.72. The Kier molecular flexibility index (Phi) is 3.69. The lowest BCUT2D eigenvalue weighted by molar-refractivity contribution is -0.384. The van der Waals surface area contributed by atoms with Crippen LogP contribution in [-0.4, -0.2) is 37.7 Å². The number of hydrogen-bond donors (Lipinski definition) is 1. The van der Waals surface area contributed by atoms with Gasteiger partial charge in [0.1, 0.15) is 12.4 Å². The Bertz CT molecular complexity index is 653. The molecule has 1 heterocycles. The summed E-state index contributed by atoms with van der Waals surface area (Å²) < 4.78 is 13.5. The molecule has 1 N–H and O–H groups in total. The predicted molar refractivity (Wildman–Crippen MR) is 65.0 cm³/mol. The van der Waals surface area contributed by atoms with E-state index in [2.05, 4.69) is 10.3 Å². The number of alkyl halides is 1. The Morgan fingerprint density at radius 3 is 2.55 bits per heavy atom. The number of aryl methyl sites for hydroxylation is 1. The molecule has 0 atom stereocenters. The molecule has 20 heavy (non-hydrogen) atoms. The van der Waals surface area contributed by atoms with Crippen LogP contribution in [0.5, 0.6) is 0 Å². The predicted octanol–water partition coefficient (Wildman–Crippen LogP) is 1.52. The quantitative estimate of drug-likeness (QED) is 0.656. The van der Waals surface area contributed by atoms with E-state index in [0.717, 1.165) is 4.68 Å². The Balaban J connectivity index is 2.51. The second-order valence-corrected chi connectivity index (χ2v) is 3.81. The summed E-state index contributed by atoms with van der Waals surface area (Å²) in [4.78, 5) is 21.1. The van der Waals surface area contributed by atoms with Crippen molar-refractivity contribution >= 4 is 11.7 Å². The van der Waals surface area contributed by atoms with Crippen molar-refractivity contribution in [3.8, 4) is 11.3 Å². The van der Waals surface area contributed by atoms with Gasteiger partial charge in [-0.1, -0.05) is 5.21 Å². The van der Waals surface area contributed by atoms with Crippen molar-refractivity contribution in [2.45, 2.75) is 6.54 Å². The van der Waals surface area contributed by atoms with E-state index in [1.807, 2.05) is 0 Å². The molecule has 0 aliphatic heterocycles. The van der Waals surface area contributed by atoms with Crippen molar-refractivity contribution in [2.24, 2.45) is 0 Å². The molecule has 104 valence electrons. The zero-order valence-corrected chi connectivity index (χ0v) is 10.1. The van der Waals surface area contributed by atoms with Crippen LogP contribution in [0, 0.1) is 10.1 Å². The lowest BCUT2D eigenvalue weighted by Crippen LogP contribution is -2.06. The molecule has 0 fully saturated rings. The standard InChI is InChI=1S/C11H9FN4O4/c12-5-6-15-10(9(11(17)18)13-14-15)7-1-3-8(4-2-7)16(19)20/h1-4H,5-6H2,(H,17,18). The van der Waals surface area contributed by atoms with Crippen molar-refractivity contribution in [3.63, 3.8) is 0 Å². The van der Waals surface area contributed by atoms with Gasteiger partial charge in [-0.15, -0.1) is 5.10 Å². The molecule has 2 aromatic rings. The lowest BCUT2D eigenvalue weighted by Gasteiger charge is -2.05. The molecular formula is C11H9FN4O4. The molecule has 8 nitrogen and oxygen atoms in total. The van der Waals surface area contributed by atoms with Crippen LogP contribution in [0.1, 0.15) is 10.5 Å². The molecule has 1 aromatic heterocycles. The number of aromatic carboxylic acids is 1. The Labute approximate surface area is 111 Å². The first-order valence-corrected chi connectivity index (χ1v) is 5.52. The highest BCUT2D eigenvalue weighted by molar-refractivity contribution is 5.92. The van der Waals surface area contributed by atoms with Crippen molar-refractivity contribution in [1.29, 1.82) is 0 Å². The topological polar surface area (TPSA) is 111 Å². The average molecular weight is 280 g/mol. The number of carboxylic acid groups (broad SMARTS) is 1. The van der Waals surface area contributed by atoms with E-state index in [-0.39, 0.29) is 23.6 Å². The van der Waals surface area contributed by atoms with Crippen LogP contribution < -0.4 is 0 Å². The molecule has 0 spiro atoms. The molecular weight excluding hydrogens is 271 g/mol. The smallest absolute Gasteiger partial charge is 0.358 e. The SMILES string of the molecule is O=C(O)c1nnn(CCF)c1-c1ccc([N+](=O)[O-])cc1. The third kappa shape index (κ3) is 2.46. The third-order valence-corrected chi connectivity index (χ3v) is 2.59. The molecule has 0 amide bonds. The van der Waals surface area contributed by atoms with Gasteiger partial charge in [-0.05, 0) is 12.1 Å². The maximum atomic E-state index is 12.4. The zero-order chi connectivity index (χ0) is 14.7. The van der Waals surface area contributed by atoms with Gasteiger partial charge >= 0.3 is 5.97 Å². The van der Waals surface area contributed by atoms with Crippen LogP contribution in [-0.2, 0) is 6.54 Å². The molecule has 2 rings (SSSR count). The number of nitro benzene ring substituents is 1. The van der Waals surface area contributed by atoms with Gasteiger partial charge < -0.3 is 5.11 Å². The molecule has 0 aliphatic carbocycles. The summed E-state index contributed by atoms with van der Waals surface area (Å²) in [7, 11) is 0. The zero-order valence-electron chi connectivity index (χ0n) is 10.1. The number of hydrogen-bond acceptors (Lipinski definition) is 5. The van der Waals surface area contributed by atoms with E-state index in [4.69, 9.17) is 5.11 Å². The first kappa shape index (κ1) is 13.6. The molecule has 1 aromatic carbocycles. The number of aromatic nitrogens is 3. The molecule has 0 aliphatic rings. The highest BCUT2D eigenvalue weighted by Crippen LogP contribution is 2.24. The van der Waals surface area contributed by atoms with Crippen LogP contribution in [0.2, 0.25) is 0 Å². The average Bonchev–Trinajstić information content (AvgIpc) is 2.83. The van der Waals surface area contributed by atoms with E-state index < -0.39 is 17.6 Å². The molecule has 0 radical (unpaired) electrons. The minimum atomic E-state index is -1.30. The van der Waals surface area contributed by atoms with Crippen molar-refractivity contribution in [3.05, 3.63) is 40.1 Å². The summed E-state index contributed by atoms with van der Waals surface area (Å²) >= 11 is 0. The maximum absolute atomic E-state index is 12.4. The first-order valence-electron chi connectivity index (χ1n) is 5.52. The number of non-ortho nitro benzene ring substituents is 1. The van der Waals surface area contributed by atoms with E-state index in [1.165, 1.54) is 24.3 Å². The Hall–Kier alpha value is -2.84. The Morgan fingerprint density at radius 2 is 2.05 bits per heavy atom. The number of carboxylic acids is 1. The van der Waals surface area contributed by atoms with E-state index in [0.29, 0.717) is 5.56 Å². The van der Waals surface area contributed by atoms with Gasteiger partial charge in [0, 0.05) is 17.7 Å². The summed E-state index contributed by atoms with van der Waals surface area (Å²) in [5.74, 6) is -1.30. The second-order valence-electron chi connectivity index (χ2n) is 3.81. The summed E-state index contributed by atoms with van der Waals surface area (Å²) in [6, 6.07) is 5.21. The van der Waals surface area contributed by atoms with E-state index in [1.54, 1.807) is 0 Å². The van der Waals surface area contributed by atoms with E-state index in [9.17, 15) is 19.3 Å². The van der Waals surface area contributed by atoms with Crippen LogP contribution in [0.4, 0.5) is 10.1 Å². The summed E-state index contributed by atoms with van der Waals surface area (Å²) in [5.41, 5.74) is 0.0268. The van der Waals surface area contributed by atoms with Gasteiger partial charge in [0.05, 0.1) is 11.5 Å². The van der Waals surface area contributed by atoms with Crippen LogP contribution in [0.3, 0.4) is 0 Å². The number of nitro groups is 1. The molecule has 0 saturated heterocycles. The normalized spacial score (nSPS) is 10.4. The maximum Gasteiger partial charge on any atom is 0.358 e. The fourth-order valence-electron chi connectivity index (χ4n) is 1.72. The summed E-state index contributed by atoms with van der Waals surface area (Å²) in [5, 5.41) is 26.7. The first-order chi connectivity index (χ1) is 9.54. The van der Waals surface area contributed by atoms with Crippen molar-refractivity contribution in [2.75, 3.05) is 6.67 Å². The van der Waals surface area contributed by atoms with Crippen LogP contribution in [0.15, 0.2) is 24.3 Å². The van der Waals surface area contributed by atoms with Gasteiger partial charge in [-0.25, -0.2) is 13.9 Å². The van der Waals surface area contributed by atoms with E-state index >= 15 is 0 Å². The fraction of sp³-hybridized carbons (Fsp3) is 0.182. The van der Waals surface area contributed by atoms with Gasteiger partial charge in [0.25, 0.3) is 5.69 Å². The van der Waals surface area contributed by atoms with Gasteiger partial charge in [0.2, 0.25) is 0 Å². The minimum Gasteiger partial charge on any atom is -0.476 e. The van der Waals surface area contributed by atoms with Gasteiger partial charge in [-0.3, -0.25) is 10.1 Å². The van der Waals surface area contributed by atoms with Gasteiger partial charge in [-0.2, -0.15) is 0 Å². The number of halogens is 1. The highest BCUT2D eigenvalue weighted by atomic mass is 19.1. The number of carbonyl (C=O) groups is 1. The van der Waals surface area contributed by atoms with Crippen LogP contribution in [0.25, 0.3) is 11.3 Å². The summed E-state index contributed by atoms with van der Waals surface area (Å²) in [6.07, 6.45) is 0. The lowest BCUT2D eigenvalue weighted by atomic mass is 10.1. The molecule has 0 saturated carbocycles. The monoisotopic (exact) mass is 280 g/mol. The van der Waals surface area contributed by atoms with Crippen LogP contribution >= 0.6 is 0 Å². The second kappa shape index (κ2) is 5.43. The van der Waals surface area contributed by atoms with Crippen molar-refractivity contribution < 1.29 is 19.2 Å². The highest BCUT2D eigenvalue weighted by Gasteiger charge is 2.21. The van der Waals surface area contributed by atoms with Crippen molar-refractivity contribution in [1.82, 2.24) is 15.0 Å². The van der Waals surface area contributed by atoms with Gasteiger partial charge in [0.15, 0.2) is 5.69 Å².